The van der Waals surface area contributed by atoms with Crippen molar-refractivity contribution in [3.05, 3.63) is 0 Å². The SMILES string of the molecule is CCC(OCC(C)O)N(CC)CC. The van der Waals surface area contributed by atoms with Crippen molar-refractivity contribution < 1.29 is 9.84 Å². The van der Waals surface area contributed by atoms with Gasteiger partial charge in [0.25, 0.3) is 0 Å². The number of hydrogen-bond donors (Lipinski definition) is 1. The fourth-order valence-electron chi connectivity index (χ4n) is 1.36. The summed E-state index contributed by atoms with van der Waals surface area (Å²) in [4.78, 5) is 2.25. The third-order valence-electron chi connectivity index (χ3n) is 2.10. The van der Waals surface area contributed by atoms with Crippen molar-refractivity contribution in [3.8, 4) is 0 Å². The Hall–Kier alpha value is -0.120. The molecule has 0 aromatic heterocycles. The molecule has 0 saturated carbocycles. The first-order chi connectivity index (χ1) is 6.15. The summed E-state index contributed by atoms with van der Waals surface area (Å²) < 4.78 is 5.57. The molecule has 3 nitrogen and oxygen atoms in total. The van der Waals surface area contributed by atoms with Crippen molar-refractivity contribution in [1.29, 1.82) is 0 Å². The van der Waals surface area contributed by atoms with Crippen LogP contribution in [0, 0.1) is 0 Å². The summed E-state index contributed by atoms with van der Waals surface area (Å²) in [5, 5.41) is 9.08. The van der Waals surface area contributed by atoms with E-state index >= 15 is 0 Å². The van der Waals surface area contributed by atoms with Crippen molar-refractivity contribution in [2.75, 3.05) is 19.7 Å². The molecule has 0 aliphatic carbocycles. The van der Waals surface area contributed by atoms with Crippen LogP contribution in [0.2, 0.25) is 0 Å². The molecule has 80 valence electrons. The van der Waals surface area contributed by atoms with Crippen LogP contribution in [-0.4, -0.2) is 42.0 Å². The number of ether oxygens (including phenoxy) is 1. The van der Waals surface area contributed by atoms with Gasteiger partial charge < -0.3 is 9.84 Å². The fourth-order valence-corrected chi connectivity index (χ4v) is 1.36. The second-order valence-electron chi connectivity index (χ2n) is 3.27. The minimum atomic E-state index is -0.371. The summed E-state index contributed by atoms with van der Waals surface area (Å²) in [5.41, 5.74) is 0. The topological polar surface area (TPSA) is 32.7 Å². The average molecular weight is 189 g/mol. The summed E-state index contributed by atoms with van der Waals surface area (Å²) in [6, 6.07) is 0. The Morgan fingerprint density at radius 3 is 2.08 bits per heavy atom. The van der Waals surface area contributed by atoms with Gasteiger partial charge >= 0.3 is 0 Å². The number of nitrogens with zero attached hydrogens (tertiary/aromatic N) is 1. The zero-order valence-corrected chi connectivity index (χ0v) is 9.29. The molecule has 2 atom stereocenters. The van der Waals surface area contributed by atoms with Gasteiger partial charge in [-0.1, -0.05) is 20.8 Å². The van der Waals surface area contributed by atoms with Crippen molar-refractivity contribution in [1.82, 2.24) is 4.90 Å². The van der Waals surface area contributed by atoms with Gasteiger partial charge in [-0.15, -0.1) is 0 Å². The summed E-state index contributed by atoms with van der Waals surface area (Å²) in [5.74, 6) is 0. The van der Waals surface area contributed by atoms with Gasteiger partial charge in [0.2, 0.25) is 0 Å². The van der Waals surface area contributed by atoms with E-state index in [-0.39, 0.29) is 12.3 Å². The first kappa shape index (κ1) is 12.9. The quantitative estimate of drug-likeness (QED) is 0.615. The maximum atomic E-state index is 9.08. The van der Waals surface area contributed by atoms with Crippen LogP contribution < -0.4 is 0 Å². The molecule has 2 unspecified atom stereocenters. The van der Waals surface area contributed by atoms with Gasteiger partial charge in [0.05, 0.1) is 12.7 Å². The minimum absolute atomic E-state index is 0.157. The molecule has 13 heavy (non-hydrogen) atoms. The van der Waals surface area contributed by atoms with Crippen LogP contribution in [0.3, 0.4) is 0 Å². The standard InChI is InChI=1S/C10H23NO2/c1-5-10(11(6-2)7-3)13-8-9(4)12/h9-10,12H,5-8H2,1-4H3. The van der Waals surface area contributed by atoms with Crippen LogP contribution >= 0.6 is 0 Å². The molecule has 0 amide bonds. The molecule has 0 aromatic rings. The molecule has 3 heteroatoms. The van der Waals surface area contributed by atoms with Crippen LogP contribution in [-0.2, 0) is 4.74 Å². The Morgan fingerprint density at radius 1 is 1.23 bits per heavy atom. The monoisotopic (exact) mass is 189 g/mol. The molecule has 0 saturated heterocycles. The highest BCUT2D eigenvalue weighted by Gasteiger charge is 2.14. The molecule has 1 N–H and O–H groups in total. The van der Waals surface area contributed by atoms with Crippen molar-refractivity contribution >= 4 is 0 Å². The number of hydrogen-bond acceptors (Lipinski definition) is 3. The lowest BCUT2D eigenvalue weighted by Crippen LogP contribution is -2.38. The first-order valence-corrected chi connectivity index (χ1v) is 5.19. The zero-order valence-electron chi connectivity index (χ0n) is 9.29. The van der Waals surface area contributed by atoms with E-state index in [4.69, 9.17) is 9.84 Å². The molecule has 0 radical (unpaired) electrons. The van der Waals surface area contributed by atoms with E-state index in [1.165, 1.54) is 0 Å². The summed E-state index contributed by atoms with van der Waals surface area (Å²) in [6.45, 7) is 10.5. The van der Waals surface area contributed by atoms with E-state index in [0.717, 1.165) is 19.5 Å². The van der Waals surface area contributed by atoms with Gasteiger partial charge in [-0.3, -0.25) is 4.90 Å². The Morgan fingerprint density at radius 2 is 1.77 bits per heavy atom. The van der Waals surface area contributed by atoms with Crippen LogP contribution in [0.1, 0.15) is 34.1 Å². The lowest BCUT2D eigenvalue weighted by Gasteiger charge is -2.29. The Balaban J connectivity index is 3.85. The Bertz CT molecular complexity index is 113. The second-order valence-corrected chi connectivity index (χ2v) is 3.27. The molecule has 0 aliphatic heterocycles. The van der Waals surface area contributed by atoms with Crippen LogP contribution in [0.5, 0.6) is 0 Å². The number of aliphatic hydroxyl groups excluding tert-OH is 1. The summed E-state index contributed by atoms with van der Waals surface area (Å²) >= 11 is 0. The Kier molecular flexibility index (Phi) is 7.23. The van der Waals surface area contributed by atoms with E-state index in [0.29, 0.717) is 6.61 Å². The maximum absolute atomic E-state index is 9.08. The average Bonchev–Trinajstić information content (AvgIpc) is 2.11. The van der Waals surface area contributed by atoms with Gasteiger partial charge in [0, 0.05) is 0 Å². The molecule has 0 aromatic carbocycles. The third kappa shape index (κ3) is 5.24. The van der Waals surface area contributed by atoms with Crippen molar-refractivity contribution in [2.24, 2.45) is 0 Å². The van der Waals surface area contributed by atoms with E-state index in [1.54, 1.807) is 6.92 Å². The lowest BCUT2D eigenvalue weighted by atomic mass is 10.3. The highest BCUT2D eigenvalue weighted by molar-refractivity contribution is 4.58. The highest BCUT2D eigenvalue weighted by atomic mass is 16.5. The third-order valence-corrected chi connectivity index (χ3v) is 2.10. The van der Waals surface area contributed by atoms with Gasteiger partial charge in [0.1, 0.15) is 6.23 Å². The van der Waals surface area contributed by atoms with E-state index < -0.39 is 0 Å². The van der Waals surface area contributed by atoms with Gasteiger partial charge in [-0.25, -0.2) is 0 Å². The zero-order chi connectivity index (χ0) is 10.3. The van der Waals surface area contributed by atoms with Crippen LogP contribution in [0.4, 0.5) is 0 Å². The molecular formula is C10H23NO2. The van der Waals surface area contributed by atoms with Gasteiger partial charge in [0.15, 0.2) is 0 Å². The predicted octanol–water partition coefficient (Wildman–Crippen LogP) is 1.46. The molecule has 0 heterocycles. The number of aliphatic hydroxyl groups is 1. The van der Waals surface area contributed by atoms with E-state index in [1.807, 2.05) is 0 Å². The molecule has 0 fully saturated rings. The van der Waals surface area contributed by atoms with Crippen molar-refractivity contribution in [2.45, 2.75) is 46.4 Å². The van der Waals surface area contributed by atoms with Gasteiger partial charge in [-0.05, 0) is 26.4 Å². The first-order valence-electron chi connectivity index (χ1n) is 5.19. The predicted molar refractivity (Wildman–Crippen MR) is 54.6 cm³/mol. The van der Waals surface area contributed by atoms with Crippen LogP contribution in [0.25, 0.3) is 0 Å². The molecule has 0 spiro atoms. The molecule has 0 rings (SSSR count). The smallest absolute Gasteiger partial charge is 0.110 e. The highest BCUT2D eigenvalue weighted by Crippen LogP contribution is 2.05. The normalized spacial score (nSPS) is 16.2. The molecule has 0 aliphatic rings. The lowest BCUT2D eigenvalue weighted by molar-refractivity contribution is -0.0820. The largest absolute Gasteiger partial charge is 0.391 e. The summed E-state index contributed by atoms with van der Waals surface area (Å²) in [6.07, 6.45) is 0.753. The number of rotatable bonds is 7. The van der Waals surface area contributed by atoms with E-state index in [9.17, 15) is 0 Å². The van der Waals surface area contributed by atoms with E-state index in [2.05, 4.69) is 25.7 Å². The van der Waals surface area contributed by atoms with Crippen molar-refractivity contribution in [3.63, 3.8) is 0 Å². The maximum Gasteiger partial charge on any atom is 0.110 e. The molecule has 0 bridgehead atoms. The second kappa shape index (κ2) is 7.30. The Labute approximate surface area is 81.7 Å². The minimum Gasteiger partial charge on any atom is -0.391 e. The fraction of sp³-hybridized carbons (Fsp3) is 1.00. The van der Waals surface area contributed by atoms with Crippen LogP contribution in [0.15, 0.2) is 0 Å². The van der Waals surface area contributed by atoms with Gasteiger partial charge in [-0.2, -0.15) is 0 Å². The molecular weight excluding hydrogens is 166 g/mol. The summed E-state index contributed by atoms with van der Waals surface area (Å²) in [7, 11) is 0.